The molecule has 27 heavy (non-hydrogen) atoms. The Morgan fingerprint density at radius 2 is 1.85 bits per heavy atom. The summed E-state index contributed by atoms with van der Waals surface area (Å²) in [4.78, 5) is 52.3. The molecule has 1 aromatic heterocycles. The first-order valence-electron chi connectivity index (χ1n) is 7.87. The molecule has 0 aliphatic heterocycles. The van der Waals surface area contributed by atoms with Gasteiger partial charge in [-0.3, -0.25) is 19.2 Å². The van der Waals surface area contributed by atoms with Gasteiger partial charge in [0.1, 0.15) is 23.8 Å². The number of aromatic amines is 1. The average molecular weight is 374 g/mol. The van der Waals surface area contributed by atoms with Crippen molar-refractivity contribution in [2.24, 2.45) is 0 Å². The molecule has 142 valence electrons. The van der Waals surface area contributed by atoms with Crippen LogP contribution in [0.2, 0.25) is 0 Å². The summed E-state index contributed by atoms with van der Waals surface area (Å²) in [7, 11) is 1.55. The van der Waals surface area contributed by atoms with Crippen molar-refractivity contribution in [1.29, 1.82) is 0 Å². The number of methoxy groups -OCH3 is 1. The predicted molar refractivity (Wildman–Crippen MR) is 93.6 cm³/mol. The van der Waals surface area contributed by atoms with Gasteiger partial charge in [-0.25, -0.2) is 4.98 Å². The molecule has 0 atom stereocenters. The lowest BCUT2D eigenvalue weighted by molar-refractivity contribution is -0.137. The number of hydrogen-bond acceptors (Lipinski definition) is 6. The number of amides is 2. The lowest BCUT2D eigenvalue weighted by atomic mass is 10.1. The summed E-state index contributed by atoms with van der Waals surface area (Å²) in [5, 5.41) is 12.9. The molecule has 1 aromatic carbocycles. The maximum absolute atomic E-state index is 12.1. The highest BCUT2D eigenvalue weighted by Crippen LogP contribution is 2.13. The number of nitrogens with one attached hydrogen (secondary N) is 3. The molecule has 0 unspecified atom stereocenters. The van der Waals surface area contributed by atoms with Gasteiger partial charge in [-0.15, -0.1) is 0 Å². The Balaban J connectivity index is 2.02. The average Bonchev–Trinajstić information content (AvgIpc) is 2.64. The molecule has 0 saturated carbocycles. The molecule has 4 N–H and O–H groups in total. The van der Waals surface area contributed by atoms with Crippen molar-refractivity contribution >= 4 is 17.8 Å². The van der Waals surface area contributed by atoms with Crippen LogP contribution < -0.4 is 20.9 Å². The normalized spacial score (nSPS) is 10.1. The fourth-order valence-electron chi connectivity index (χ4n) is 2.13. The summed E-state index contributed by atoms with van der Waals surface area (Å²) in [5.41, 5.74) is 0.201. The van der Waals surface area contributed by atoms with E-state index in [-0.39, 0.29) is 11.5 Å². The van der Waals surface area contributed by atoms with Crippen LogP contribution in [0, 0.1) is 0 Å². The fourth-order valence-corrected chi connectivity index (χ4v) is 2.13. The Bertz CT molecular complexity index is 891. The molecule has 10 nitrogen and oxygen atoms in total. The standard InChI is InChI=1S/C17H18N4O6/c1-27-11-4-2-10(3-5-11)6-13-20-12(7-14(22)21-13)17(26)19-8-15(23)18-9-16(24)25/h2-5,7H,6,8-9H2,1H3,(H,18,23)(H,19,26)(H,24,25)(H,20,21,22). The smallest absolute Gasteiger partial charge is 0.322 e. The van der Waals surface area contributed by atoms with Crippen LogP contribution in [0.4, 0.5) is 0 Å². The molecule has 2 amide bonds. The molecule has 0 radical (unpaired) electrons. The molecule has 2 rings (SSSR count). The molecule has 1 heterocycles. The second-order valence-electron chi connectivity index (χ2n) is 5.46. The Morgan fingerprint density at radius 3 is 2.48 bits per heavy atom. The number of carboxylic acid groups (broad SMARTS) is 1. The second-order valence-corrected chi connectivity index (χ2v) is 5.46. The summed E-state index contributed by atoms with van der Waals surface area (Å²) in [6.07, 6.45) is 0.291. The third-order valence-electron chi connectivity index (χ3n) is 3.40. The molecule has 0 saturated heterocycles. The van der Waals surface area contributed by atoms with E-state index in [1.807, 2.05) is 0 Å². The molecule has 0 fully saturated rings. The molecule has 10 heteroatoms. The quantitative estimate of drug-likeness (QED) is 0.477. The highest BCUT2D eigenvalue weighted by molar-refractivity contribution is 5.95. The minimum absolute atomic E-state index is 0.145. The third-order valence-corrected chi connectivity index (χ3v) is 3.40. The van der Waals surface area contributed by atoms with Gasteiger partial charge in [-0.1, -0.05) is 12.1 Å². The van der Waals surface area contributed by atoms with E-state index in [0.29, 0.717) is 12.2 Å². The van der Waals surface area contributed by atoms with Crippen LogP contribution in [0.3, 0.4) is 0 Å². The zero-order valence-electron chi connectivity index (χ0n) is 14.4. The van der Waals surface area contributed by atoms with Crippen LogP contribution in [-0.4, -0.2) is 53.1 Å². The SMILES string of the molecule is COc1ccc(Cc2nc(C(=O)NCC(=O)NCC(=O)O)cc(=O)[nH]2)cc1. The summed E-state index contributed by atoms with van der Waals surface area (Å²) < 4.78 is 5.07. The summed E-state index contributed by atoms with van der Waals surface area (Å²) >= 11 is 0. The zero-order valence-corrected chi connectivity index (χ0v) is 14.4. The van der Waals surface area contributed by atoms with Crippen molar-refractivity contribution in [2.75, 3.05) is 20.2 Å². The highest BCUT2D eigenvalue weighted by Gasteiger charge is 2.12. The van der Waals surface area contributed by atoms with Crippen molar-refractivity contribution in [2.45, 2.75) is 6.42 Å². The molecular weight excluding hydrogens is 356 g/mol. The largest absolute Gasteiger partial charge is 0.497 e. The van der Waals surface area contributed by atoms with Crippen molar-refractivity contribution in [3.63, 3.8) is 0 Å². The number of H-pyrrole nitrogens is 1. The first kappa shape index (κ1) is 19.6. The van der Waals surface area contributed by atoms with Crippen molar-refractivity contribution in [1.82, 2.24) is 20.6 Å². The number of nitrogens with zero attached hydrogens (tertiary/aromatic N) is 1. The maximum Gasteiger partial charge on any atom is 0.322 e. The number of carboxylic acids is 1. The van der Waals surface area contributed by atoms with Crippen LogP contribution in [0.1, 0.15) is 21.9 Å². The number of aliphatic carboxylic acids is 1. The number of rotatable bonds is 8. The summed E-state index contributed by atoms with van der Waals surface area (Å²) in [6.45, 7) is -0.988. The minimum Gasteiger partial charge on any atom is -0.497 e. The van der Waals surface area contributed by atoms with Gasteiger partial charge in [0.15, 0.2) is 0 Å². The lowest BCUT2D eigenvalue weighted by Crippen LogP contribution is -2.39. The van der Waals surface area contributed by atoms with E-state index in [1.54, 1.807) is 31.4 Å². The molecule has 0 bridgehead atoms. The number of aromatic nitrogens is 2. The fraction of sp³-hybridized carbons (Fsp3) is 0.235. The van der Waals surface area contributed by atoms with Crippen LogP contribution in [0.25, 0.3) is 0 Å². The van der Waals surface area contributed by atoms with E-state index in [2.05, 4.69) is 20.6 Å². The number of carbonyl (C=O) groups is 3. The van der Waals surface area contributed by atoms with E-state index in [9.17, 15) is 19.2 Å². The summed E-state index contributed by atoms with van der Waals surface area (Å²) in [6, 6.07) is 8.15. The van der Waals surface area contributed by atoms with E-state index in [4.69, 9.17) is 9.84 Å². The Morgan fingerprint density at radius 1 is 1.15 bits per heavy atom. The van der Waals surface area contributed by atoms with Crippen LogP contribution in [-0.2, 0) is 16.0 Å². The Labute approximate surface area is 153 Å². The van der Waals surface area contributed by atoms with Gasteiger partial charge in [0.25, 0.3) is 11.5 Å². The molecule has 0 aliphatic rings. The van der Waals surface area contributed by atoms with Crippen LogP contribution in [0.5, 0.6) is 5.75 Å². The van der Waals surface area contributed by atoms with E-state index >= 15 is 0 Å². The monoisotopic (exact) mass is 374 g/mol. The molecule has 0 aliphatic carbocycles. The lowest BCUT2D eigenvalue weighted by Gasteiger charge is -2.07. The van der Waals surface area contributed by atoms with Crippen LogP contribution >= 0.6 is 0 Å². The summed E-state index contributed by atoms with van der Waals surface area (Å²) in [5.74, 6) is -1.62. The predicted octanol–water partition coefficient (Wildman–Crippen LogP) is -0.700. The van der Waals surface area contributed by atoms with Gasteiger partial charge in [-0.2, -0.15) is 0 Å². The zero-order chi connectivity index (χ0) is 19.8. The van der Waals surface area contributed by atoms with E-state index in [0.717, 1.165) is 11.6 Å². The number of carbonyl (C=O) groups excluding carboxylic acids is 2. The van der Waals surface area contributed by atoms with Crippen LogP contribution in [0.15, 0.2) is 35.1 Å². The van der Waals surface area contributed by atoms with Crippen molar-refractivity contribution in [3.8, 4) is 5.75 Å². The molecule has 2 aromatic rings. The van der Waals surface area contributed by atoms with Gasteiger partial charge in [0.2, 0.25) is 5.91 Å². The Hall–Kier alpha value is -3.69. The van der Waals surface area contributed by atoms with Gasteiger partial charge >= 0.3 is 5.97 Å². The number of hydrogen-bond donors (Lipinski definition) is 4. The minimum atomic E-state index is -1.20. The van der Waals surface area contributed by atoms with Crippen molar-refractivity contribution in [3.05, 3.63) is 57.8 Å². The molecule has 0 spiro atoms. The van der Waals surface area contributed by atoms with Gasteiger partial charge in [0, 0.05) is 12.5 Å². The Kier molecular flexibility index (Phi) is 6.64. The van der Waals surface area contributed by atoms with Gasteiger partial charge < -0.3 is 25.5 Å². The number of ether oxygens (including phenoxy) is 1. The van der Waals surface area contributed by atoms with E-state index in [1.165, 1.54) is 0 Å². The first-order chi connectivity index (χ1) is 12.9. The number of benzene rings is 1. The van der Waals surface area contributed by atoms with Crippen molar-refractivity contribution < 1.29 is 24.2 Å². The first-order valence-corrected chi connectivity index (χ1v) is 7.87. The second kappa shape index (κ2) is 9.13. The third kappa shape index (κ3) is 6.27. The topological polar surface area (TPSA) is 150 Å². The van der Waals surface area contributed by atoms with E-state index < -0.39 is 36.4 Å². The van der Waals surface area contributed by atoms with Gasteiger partial charge in [0.05, 0.1) is 13.7 Å². The maximum atomic E-state index is 12.1. The van der Waals surface area contributed by atoms with Gasteiger partial charge in [-0.05, 0) is 17.7 Å². The highest BCUT2D eigenvalue weighted by atomic mass is 16.5. The molecular formula is C17H18N4O6.